The van der Waals surface area contributed by atoms with Crippen molar-refractivity contribution in [3.05, 3.63) is 47.6 Å². The molecule has 0 amide bonds. The first-order chi connectivity index (χ1) is 10.2. The van der Waals surface area contributed by atoms with Crippen LogP contribution in [0.15, 0.2) is 34.9 Å². The predicted molar refractivity (Wildman–Crippen MR) is 82.9 cm³/mol. The molecular formula is C16H24N4O. The van der Waals surface area contributed by atoms with Crippen molar-refractivity contribution in [2.24, 2.45) is 5.73 Å². The van der Waals surface area contributed by atoms with E-state index in [1.165, 1.54) is 5.56 Å². The summed E-state index contributed by atoms with van der Waals surface area (Å²) in [7, 11) is 0. The summed E-state index contributed by atoms with van der Waals surface area (Å²) < 4.78 is 5.31. The maximum Gasteiger partial charge on any atom is 0.240 e. The molecule has 0 spiro atoms. The molecule has 5 nitrogen and oxygen atoms in total. The van der Waals surface area contributed by atoms with Gasteiger partial charge in [-0.1, -0.05) is 49.3 Å². The molecule has 1 aromatic heterocycles. The average molecular weight is 288 g/mol. The molecular weight excluding hydrogens is 264 g/mol. The largest absolute Gasteiger partial charge is 0.338 e. The van der Waals surface area contributed by atoms with Crippen LogP contribution in [-0.2, 0) is 13.0 Å². The second kappa shape index (κ2) is 7.90. The molecule has 2 rings (SSSR count). The molecule has 5 heteroatoms. The molecule has 0 aliphatic heterocycles. The third-order valence-corrected chi connectivity index (χ3v) is 3.36. The van der Waals surface area contributed by atoms with E-state index in [9.17, 15) is 0 Å². The molecule has 0 saturated heterocycles. The number of nitrogens with zero attached hydrogens (tertiary/aromatic N) is 3. The van der Waals surface area contributed by atoms with Crippen molar-refractivity contribution in [3.8, 4) is 0 Å². The van der Waals surface area contributed by atoms with E-state index in [2.05, 4.69) is 53.2 Å². The maximum atomic E-state index is 5.70. The zero-order valence-corrected chi connectivity index (χ0v) is 12.8. The van der Waals surface area contributed by atoms with E-state index in [0.717, 1.165) is 25.3 Å². The molecule has 1 heterocycles. The van der Waals surface area contributed by atoms with Gasteiger partial charge in [0.05, 0.1) is 6.54 Å². The number of hydrogen-bond acceptors (Lipinski definition) is 5. The molecule has 0 saturated carbocycles. The Bertz CT molecular complexity index is 524. The molecule has 0 radical (unpaired) electrons. The Morgan fingerprint density at radius 3 is 2.57 bits per heavy atom. The van der Waals surface area contributed by atoms with Gasteiger partial charge >= 0.3 is 0 Å². The Morgan fingerprint density at radius 2 is 1.95 bits per heavy atom. The van der Waals surface area contributed by atoms with E-state index in [4.69, 9.17) is 10.3 Å². The van der Waals surface area contributed by atoms with Crippen LogP contribution in [0.1, 0.15) is 37.0 Å². The standard InChI is InChI=1S/C16H24N4O/c1-13(2)16-18-15(21-19-16)12-20(11-9-17)10-8-14-6-4-3-5-7-14/h3-7,13H,8-12,17H2,1-2H3. The summed E-state index contributed by atoms with van der Waals surface area (Å²) in [5, 5.41) is 4.00. The van der Waals surface area contributed by atoms with Gasteiger partial charge in [0, 0.05) is 25.6 Å². The fourth-order valence-electron chi connectivity index (χ4n) is 2.14. The minimum atomic E-state index is 0.287. The van der Waals surface area contributed by atoms with Crippen molar-refractivity contribution in [3.63, 3.8) is 0 Å². The molecule has 114 valence electrons. The van der Waals surface area contributed by atoms with Gasteiger partial charge in [0.15, 0.2) is 5.82 Å². The summed E-state index contributed by atoms with van der Waals surface area (Å²) in [6.45, 7) is 7.15. The topological polar surface area (TPSA) is 68.2 Å². The van der Waals surface area contributed by atoms with Crippen LogP contribution in [0, 0.1) is 0 Å². The van der Waals surface area contributed by atoms with E-state index in [1.54, 1.807) is 0 Å². The Morgan fingerprint density at radius 1 is 1.19 bits per heavy atom. The molecule has 2 aromatic rings. The van der Waals surface area contributed by atoms with Crippen molar-refractivity contribution < 1.29 is 4.52 Å². The molecule has 0 aliphatic carbocycles. The van der Waals surface area contributed by atoms with Gasteiger partial charge in [0.2, 0.25) is 5.89 Å². The fourth-order valence-corrected chi connectivity index (χ4v) is 2.14. The van der Waals surface area contributed by atoms with Gasteiger partial charge in [-0.25, -0.2) is 0 Å². The van der Waals surface area contributed by atoms with Crippen molar-refractivity contribution in [1.82, 2.24) is 15.0 Å². The molecule has 0 atom stereocenters. The van der Waals surface area contributed by atoms with E-state index < -0.39 is 0 Å². The normalized spacial score (nSPS) is 11.5. The van der Waals surface area contributed by atoms with Crippen LogP contribution >= 0.6 is 0 Å². The molecule has 1 aromatic carbocycles. The minimum absolute atomic E-state index is 0.287. The predicted octanol–water partition coefficient (Wildman–Crippen LogP) is 2.20. The third kappa shape index (κ3) is 4.95. The zero-order valence-electron chi connectivity index (χ0n) is 12.8. The van der Waals surface area contributed by atoms with Crippen LogP contribution < -0.4 is 5.73 Å². The molecule has 21 heavy (non-hydrogen) atoms. The summed E-state index contributed by atoms with van der Waals surface area (Å²) in [5.74, 6) is 1.72. The quantitative estimate of drug-likeness (QED) is 0.806. The highest BCUT2D eigenvalue weighted by Gasteiger charge is 2.13. The second-order valence-electron chi connectivity index (χ2n) is 5.50. The fraction of sp³-hybridized carbons (Fsp3) is 0.500. The SMILES string of the molecule is CC(C)c1noc(CN(CCN)CCc2ccccc2)n1. The van der Waals surface area contributed by atoms with Crippen LogP contribution in [-0.4, -0.2) is 34.7 Å². The summed E-state index contributed by atoms with van der Waals surface area (Å²) in [6.07, 6.45) is 0.992. The Balaban J connectivity index is 1.91. The third-order valence-electron chi connectivity index (χ3n) is 3.36. The lowest BCUT2D eigenvalue weighted by Crippen LogP contribution is -2.31. The Hall–Kier alpha value is -1.72. The van der Waals surface area contributed by atoms with Gasteiger partial charge in [-0.15, -0.1) is 0 Å². The first-order valence-corrected chi connectivity index (χ1v) is 7.48. The maximum absolute atomic E-state index is 5.70. The summed E-state index contributed by atoms with van der Waals surface area (Å²) in [6, 6.07) is 10.5. The van der Waals surface area contributed by atoms with Crippen LogP contribution in [0.4, 0.5) is 0 Å². The lowest BCUT2D eigenvalue weighted by Gasteiger charge is -2.19. The van der Waals surface area contributed by atoms with Crippen LogP contribution in [0.2, 0.25) is 0 Å². The first kappa shape index (κ1) is 15.7. The molecule has 0 unspecified atom stereocenters. The van der Waals surface area contributed by atoms with Crippen LogP contribution in [0.3, 0.4) is 0 Å². The summed E-state index contributed by atoms with van der Waals surface area (Å²) in [4.78, 5) is 6.68. The second-order valence-corrected chi connectivity index (χ2v) is 5.50. The summed E-state index contributed by atoms with van der Waals surface area (Å²) >= 11 is 0. The van der Waals surface area contributed by atoms with Gasteiger partial charge in [0.1, 0.15) is 0 Å². The van der Waals surface area contributed by atoms with Crippen LogP contribution in [0.25, 0.3) is 0 Å². The van der Waals surface area contributed by atoms with Crippen molar-refractivity contribution in [2.45, 2.75) is 32.7 Å². The number of rotatable bonds is 8. The van der Waals surface area contributed by atoms with Gasteiger partial charge in [0.25, 0.3) is 0 Å². The number of aromatic nitrogens is 2. The first-order valence-electron chi connectivity index (χ1n) is 7.48. The van der Waals surface area contributed by atoms with E-state index in [-0.39, 0.29) is 5.92 Å². The lowest BCUT2D eigenvalue weighted by molar-refractivity contribution is 0.233. The van der Waals surface area contributed by atoms with E-state index >= 15 is 0 Å². The average Bonchev–Trinajstić information content (AvgIpc) is 2.95. The lowest BCUT2D eigenvalue weighted by atomic mass is 10.1. The summed E-state index contributed by atoms with van der Waals surface area (Å²) in [5.41, 5.74) is 7.02. The van der Waals surface area contributed by atoms with E-state index in [0.29, 0.717) is 19.0 Å². The Labute approximate surface area is 126 Å². The smallest absolute Gasteiger partial charge is 0.240 e. The van der Waals surface area contributed by atoms with Crippen molar-refractivity contribution in [1.29, 1.82) is 0 Å². The highest BCUT2D eigenvalue weighted by atomic mass is 16.5. The number of nitrogens with two attached hydrogens (primary N) is 1. The molecule has 0 aliphatic rings. The molecule has 2 N–H and O–H groups in total. The van der Waals surface area contributed by atoms with Crippen molar-refractivity contribution in [2.75, 3.05) is 19.6 Å². The monoisotopic (exact) mass is 288 g/mol. The van der Waals surface area contributed by atoms with Crippen LogP contribution in [0.5, 0.6) is 0 Å². The van der Waals surface area contributed by atoms with Crippen molar-refractivity contribution >= 4 is 0 Å². The molecule has 0 bridgehead atoms. The van der Waals surface area contributed by atoms with E-state index in [1.807, 2.05) is 6.07 Å². The number of benzene rings is 1. The van der Waals surface area contributed by atoms with Gasteiger partial charge in [-0.3, -0.25) is 4.90 Å². The minimum Gasteiger partial charge on any atom is -0.338 e. The molecule has 0 fully saturated rings. The number of hydrogen-bond donors (Lipinski definition) is 1. The highest BCUT2D eigenvalue weighted by molar-refractivity contribution is 5.14. The van der Waals surface area contributed by atoms with Gasteiger partial charge in [-0.2, -0.15) is 4.98 Å². The Kier molecular flexibility index (Phi) is 5.90. The highest BCUT2D eigenvalue weighted by Crippen LogP contribution is 2.11. The zero-order chi connectivity index (χ0) is 15.1. The van der Waals surface area contributed by atoms with Gasteiger partial charge in [-0.05, 0) is 12.0 Å². The van der Waals surface area contributed by atoms with Gasteiger partial charge < -0.3 is 10.3 Å².